The molecule has 0 fully saturated rings. The lowest BCUT2D eigenvalue weighted by molar-refractivity contribution is 0.752. The average molecular weight is 358 g/mol. The van der Waals surface area contributed by atoms with E-state index in [2.05, 4.69) is 31.9 Å². The summed E-state index contributed by atoms with van der Waals surface area (Å²) >= 11 is 6.67. The van der Waals surface area contributed by atoms with Gasteiger partial charge in [-0.3, -0.25) is 4.79 Å². The molecule has 1 heterocycles. The highest BCUT2D eigenvalue weighted by Crippen LogP contribution is 2.20. The van der Waals surface area contributed by atoms with Gasteiger partial charge in [0.2, 0.25) is 0 Å². The van der Waals surface area contributed by atoms with E-state index in [1.54, 1.807) is 16.8 Å². The highest BCUT2D eigenvalue weighted by Gasteiger charge is 2.04. The Hall–Kier alpha value is -1.07. The van der Waals surface area contributed by atoms with Gasteiger partial charge in [-0.2, -0.15) is 0 Å². The van der Waals surface area contributed by atoms with E-state index in [4.69, 9.17) is 5.73 Å². The molecule has 0 aliphatic carbocycles. The van der Waals surface area contributed by atoms with Crippen molar-refractivity contribution >= 4 is 37.5 Å². The Kier molecular flexibility index (Phi) is 3.69. The molecule has 2 rings (SSSR count). The lowest BCUT2D eigenvalue weighted by atomic mass is 10.2. The van der Waals surface area contributed by atoms with E-state index in [0.717, 1.165) is 10.0 Å². The second-order valence-corrected chi connectivity index (χ2v) is 5.35. The molecule has 0 saturated heterocycles. The average Bonchev–Trinajstić information content (AvgIpc) is 2.28. The molecule has 3 nitrogen and oxygen atoms in total. The van der Waals surface area contributed by atoms with Crippen molar-refractivity contribution in [3.8, 4) is 0 Å². The number of pyridine rings is 1. The monoisotopic (exact) mass is 356 g/mol. The van der Waals surface area contributed by atoms with Crippen molar-refractivity contribution in [3.05, 3.63) is 61.4 Å². The number of nitrogens with zero attached hydrogens (tertiary/aromatic N) is 1. The molecule has 17 heavy (non-hydrogen) atoms. The molecule has 0 amide bonds. The number of nitrogen functional groups attached to an aromatic ring is 1. The van der Waals surface area contributed by atoms with Crippen molar-refractivity contribution in [3.63, 3.8) is 0 Å². The fraction of sp³-hybridized carbons (Fsp3) is 0.0833. The van der Waals surface area contributed by atoms with Crippen molar-refractivity contribution in [1.82, 2.24) is 4.57 Å². The Morgan fingerprint density at radius 2 is 1.94 bits per heavy atom. The van der Waals surface area contributed by atoms with Crippen molar-refractivity contribution in [2.45, 2.75) is 6.54 Å². The van der Waals surface area contributed by atoms with Crippen molar-refractivity contribution in [2.75, 3.05) is 5.73 Å². The quantitative estimate of drug-likeness (QED) is 0.840. The summed E-state index contributed by atoms with van der Waals surface area (Å²) in [6, 6.07) is 9.13. The number of benzene rings is 1. The molecule has 5 heteroatoms. The minimum Gasteiger partial charge on any atom is -0.399 e. The molecule has 0 spiro atoms. The summed E-state index contributed by atoms with van der Waals surface area (Å²) in [6.07, 6.45) is 1.76. The van der Waals surface area contributed by atoms with Gasteiger partial charge in [0.25, 0.3) is 5.56 Å². The Labute approximate surface area is 116 Å². The van der Waals surface area contributed by atoms with Crippen molar-refractivity contribution in [1.29, 1.82) is 0 Å². The standard InChI is InChI=1S/C12H10Br2N2O/c13-10-2-1-5-16(12(10)17)7-8-3-4-9(15)6-11(8)14/h1-6H,7,15H2. The lowest BCUT2D eigenvalue weighted by Gasteiger charge is -2.08. The summed E-state index contributed by atoms with van der Waals surface area (Å²) in [5, 5.41) is 0. The van der Waals surface area contributed by atoms with Gasteiger partial charge < -0.3 is 10.3 Å². The van der Waals surface area contributed by atoms with E-state index in [1.165, 1.54) is 0 Å². The summed E-state index contributed by atoms with van der Waals surface area (Å²) in [5.41, 5.74) is 7.33. The Morgan fingerprint density at radius 3 is 2.65 bits per heavy atom. The molecular formula is C12H10Br2N2O. The van der Waals surface area contributed by atoms with Crippen LogP contribution in [-0.4, -0.2) is 4.57 Å². The normalized spacial score (nSPS) is 10.5. The van der Waals surface area contributed by atoms with Gasteiger partial charge in [0.05, 0.1) is 11.0 Å². The van der Waals surface area contributed by atoms with Gasteiger partial charge in [-0.05, 0) is 45.8 Å². The number of halogens is 2. The van der Waals surface area contributed by atoms with Crippen LogP contribution >= 0.6 is 31.9 Å². The lowest BCUT2D eigenvalue weighted by Crippen LogP contribution is -2.20. The van der Waals surface area contributed by atoms with E-state index < -0.39 is 0 Å². The molecule has 0 saturated carbocycles. The zero-order valence-corrected chi connectivity index (χ0v) is 12.0. The van der Waals surface area contributed by atoms with Gasteiger partial charge in [0, 0.05) is 16.4 Å². The second-order valence-electron chi connectivity index (χ2n) is 3.64. The number of hydrogen-bond donors (Lipinski definition) is 1. The Bertz CT molecular complexity index is 608. The highest BCUT2D eigenvalue weighted by atomic mass is 79.9. The number of rotatable bonds is 2. The Balaban J connectivity index is 2.38. The first kappa shape index (κ1) is 12.4. The summed E-state index contributed by atoms with van der Waals surface area (Å²) in [5.74, 6) is 0. The van der Waals surface area contributed by atoms with E-state index in [-0.39, 0.29) is 5.56 Å². The molecule has 0 aliphatic heterocycles. The number of hydrogen-bond acceptors (Lipinski definition) is 2. The maximum Gasteiger partial charge on any atom is 0.265 e. The van der Waals surface area contributed by atoms with Gasteiger partial charge in [0.1, 0.15) is 0 Å². The van der Waals surface area contributed by atoms with Gasteiger partial charge >= 0.3 is 0 Å². The molecule has 0 aliphatic rings. The third-order valence-electron chi connectivity index (χ3n) is 2.39. The van der Waals surface area contributed by atoms with Crippen LogP contribution < -0.4 is 11.3 Å². The van der Waals surface area contributed by atoms with Crippen molar-refractivity contribution < 1.29 is 0 Å². The summed E-state index contributed by atoms with van der Waals surface area (Å²) in [4.78, 5) is 11.8. The molecule has 0 radical (unpaired) electrons. The summed E-state index contributed by atoms with van der Waals surface area (Å²) in [7, 11) is 0. The van der Waals surface area contributed by atoms with Crippen LogP contribution in [0.4, 0.5) is 5.69 Å². The topological polar surface area (TPSA) is 48.0 Å². The van der Waals surface area contributed by atoms with Gasteiger partial charge in [0.15, 0.2) is 0 Å². The largest absolute Gasteiger partial charge is 0.399 e. The van der Waals surface area contributed by atoms with Gasteiger partial charge in [-0.15, -0.1) is 0 Å². The summed E-state index contributed by atoms with van der Waals surface area (Å²) < 4.78 is 3.11. The molecule has 0 bridgehead atoms. The number of aromatic nitrogens is 1. The van der Waals surface area contributed by atoms with Crippen LogP contribution in [0.5, 0.6) is 0 Å². The second kappa shape index (κ2) is 5.06. The third kappa shape index (κ3) is 2.79. The highest BCUT2D eigenvalue weighted by molar-refractivity contribution is 9.10. The smallest absolute Gasteiger partial charge is 0.265 e. The first-order valence-electron chi connectivity index (χ1n) is 4.97. The van der Waals surface area contributed by atoms with Gasteiger partial charge in [-0.25, -0.2) is 0 Å². The number of anilines is 1. The molecule has 1 aromatic heterocycles. The molecule has 2 N–H and O–H groups in total. The molecule has 0 unspecified atom stereocenters. The van der Waals surface area contributed by atoms with Gasteiger partial charge in [-0.1, -0.05) is 22.0 Å². The maximum atomic E-state index is 11.8. The fourth-order valence-electron chi connectivity index (χ4n) is 1.51. The van der Waals surface area contributed by atoms with Crippen LogP contribution in [0.15, 0.2) is 50.3 Å². The van der Waals surface area contributed by atoms with Crippen LogP contribution in [-0.2, 0) is 6.54 Å². The van der Waals surface area contributed by atoms with Crippen LogP contribution in [0.3, 0.4) is 0 Å². The predicted molar refractivity (Wildman–Crippen MR) is 76.1 cm³/mol. The molecule has 1 aromatic carbocycles. The third-order valence-corrected chi connectivity index (χ3v) is 3.73. The first-order chi connectivity index (χ1) is 8.08. The SMILES string of the molecule is Nc1ccc(Cn2cccc(Br)c2=O)c(Br)c1. The Morgan fingerprint density at radius 1 is 1.18 bits per heavy atom. The fourth-order valence-corrected chi connectivity index (χ4v) is 2.41. The zero-order chi connectivity index (χ0) is 12.4. The predicted octanol–water partition coefficient (Wildman–Crippen LogP) is 3.00. The maximum absolute atomic E-state index is 11.8. The van der Waals surface area contributed by atoms with E-state index in [1.807, 2.05) is 24.3 Å². The summed E-state index contributed by atoms with van der Waals surface area (Å²) in [6.45, 7) is 0.513. The van der Waals surface area contributed by atoms with Crippen molar-refractivity contribution in [2.24, 2.45) is 0 Å². The number of nitrogens with two attached hydrogens (primary N) is 1. The van der Waals surface area contributed by atoms with Crippen LogP contribution in [0, 0.1) is 0 Å². The van der Waals surface area contributed by atoms with E-state index in [0.29, 0.717) is 16.7 Å². The minimum absolute atomic E-state index is 0.0452. The minimum atomic E-state index is -0.0452. The molecule has 0 atom stereocenters. The molecule has 2 aromatic rings. The van der Waals surface area contributed by atoms with E-state index >= 15 is 0 Å². The molecular weight excluding hydrogens is 348 g/mol. The van der Waals surface area contributed by atoms with E-state index in [9.17, 15) is 4.79 Å². The molecule has 88 valence electrons. The van der Waals surface area contributed by atoms with Crippen LogP contribution in [0.1, 0.15) is 5.56 Å². The zero-order valence-electron chi connectivity index (χ0n) is 8.86. The van der Waals surface area contributed by atoms with Crippen LogP contribution in [0.25, 0.3) is 0 Å². The first-order valence-corrected chi connectivity index (χ1v) is 6.55. The van der Waals surface area contributed by atoms with Crippen LogP contribution in [0.2, 0.25) is 0 Å².